The minimum atomic E-state index is -0.191. The molecule has 2 aliphatic rings. The highest BCUT2D eigenvalue weighted by molar-refractivity contribution is 7.09. The zero-order valence-corrected chi connectivity index (χ0v) is 14.8. The molecule has 23 heavy (non-hydrogen) atoms. The van der Waals surface area contributed by atoms with Gasteiger partial charge in [-0.3, -0.25) is 9.69 Å². The first kappa shape index (κ1) is 16.2. The maximum absolute atomic E-state index is 12.2. The molecule has 1 aliphatic carbocycles. The predicted octanol–water partition coefficient (Wildman–Crippen LogP) is 2.16. The van der Waals surface area contributed by atoms with E-state index in [1.807, 2.05) is 5.38 Å². The average Bonchev–Trinajstić information content (AvgIpc) is 3.01. The van der Waals surface area contributed by atoms with Gasteiger partial charge in [-0.15, -0.1) is 11.3 Å². The van der Waals surface area contributed by atoms with Crippen LogP contribution in [0.4, 0.5) is 4.79 Å². The number of thiazole rings is 1. The first-order valence-electron chi connectivity index (χ1n) is 8.08. The number of carbonyl (C=O) groups is 2. The van der Waals surface area contributed by atoms with Crippen molar-refractivity contribution >= 4 is 23.3 Å². The summed E-state index contributed by atoms with van der Waals surface area (Å²) in [5.74, 6) is 0.699. The van der Waals surface area contributed by atoms with Gasteiger partial charge in [0.05, 0.1) is 18.9 Å². The van der Waals surface area contributed by atoms with Crippen molar-refractivity contribution in [3.8, 4) is 0 Å². The summed E-state index contributed by atoms with van der Waals surface area (Å²) in [6, 6.07) is -0.191. The lowest BCUT2D eigenvalue weighted by Crippen LogP contribution is -2.39. The van der Waals surface area contributed by atoms with Gasteiger partial charge in [0, 0.05) is 17.3 Å². The highest BCUT2D eigenvalue weighted by atomic mass is 32.1. The van der Waals surface area contributed by atoms with Crippen LogP contribution in [-0.2, 0) is 16.8 Å². The second kappa shape index (κ2) is 6.11. The summed E-state index contributed by atoms with van der Waals surface area (Å²) in [6.45, 7) is 8.16. The molecule has 2 fully saturated rings. The van der Waals surface area contributed by atoms with Crippen LogP contribution in [0.5, 0.6) is 0 Å². The van der Waals surface area contributed by atoms with Gasteiger partial charge in [0.15, 0.2) is 0 Å². The van der Waals surface area contributed by atoms with Gasteiger partial charge in [-0.2, -0.15) is 0 Å². The fourth-order valence-corrected chi connectivity index (χ4v) is 3.47. The zero-order valence-electron chi connectivity index (χ0n) is 14.0. The van der Waals surface area contributed by atoms with E-state index in [2.05, 4.69) is 31.1 Å². The summed E-state index contributed by atoms with van der Waals surface area (Å²) in [5.41, 5.74) is 1.06. The number of hydrogen-bond donors (Lipinski definition) is 1. The molecule has 126 valence electrons. The number of amides is 3. The van der Waals surface area contributed by atoms with Crippen LogP contribution < -0.4 is 5.32 Å². The Hall–Kier alpha value is -1.63. The molecule has 1 aromatic heterocycles. The van der Waals surface area contributed by atoms with E-state index in [1.54, 1.807) is 21.1 Å². The normalized spacial score (nSPS) is 18.7. The molecule has 6 nitrogen and oxygen atoms in total. The molecule has 1 saturated heterocycles. The van der Waals surface area contributed by atoms with Crippen LogP contribution >= 0.6 is 11.3 Å². The second-order valence-electron chi connectivity index (χ2n) is 7.43. The maximum atomic E-state index is 12.2. The van der Waals surface area contributed by atoms with E-state index < -0.39 is 0 Å². The smallest absolute Gasteiger partial charge is 0.319 e. The Morgan fingerprint density at radius 2 is 2.17 bits per heavy atom. The largest absolute Gasteiger partial charge is 0.331 e. The number of aromatic nitrogens is 1. The molecule has 3 rings (SSSR count). The third kappa shape index (κ3) is 4.02. The van der Waals surface area contributed by atoms with Crippen molar-refractivity contribution in [3.05, 3.63) is 16.1 Å². The molecule has 2 heterocycles. The number of rotatable bonds is 4. The third-order valence-electron chi connectivity index (χ3n) is 4.19. The fourth-order valence-electron chi connectivity index (χ4n) is 2.51. The van der Waals surface area contributed by atoms with Crippen LogP contribution in [0.15, 0.2) is 5.38 Å². The van der Waals surface area contributed by atoms with Crippen molar-refractivity contribution in [1.29, 1.82) is 0 Å². The van der Waals surface area contributed by atoms with E-state index in [9.17, 15) is 9.59 Å². The lowest BCUT2D eigenvalue weighted by molar-refractivity contribution is -0.126. The first-order valence-corrected chi connectivity index (χ1v) is 8.96. The molecule has 7 heteroatoms. The van der Waals surface area contributed by atoms with Crippen molar-refractivity contribution in [2.24, 2.45) is 5.92 Å². The lowest BCUT2D eigenvalue weighted by Gasteiger charge is -2.18. The Balaban J connectivity index is 1.49. The highest BCUT2D eigenvalue weighted by Crippen LogP contribution is 2.30. The second-order valence-corrected chi connectivity index (χ2v) is 8.38. The Labute approximate surface area is 140 Å². The minimum Gasteiger partial charge on any atom is -0.331 e. The molecule has 3 amide bonds. The number of hydrogen-bond acceptors (Lipinski definition) is 4. The molecule has 0 unspecified atom stereocenters. The Kier molecular flexibility index (Phi) is 4.31. The SMILES string of the molecule is CC(C)(C)c1csc(CNC(=O)N2CC(=O)N(CC3CC3)C2)n1. The Bertz CT molecular complexity index is 603. The summed E-state index contributed by atoms with van der Waals surface area (Å²) in [4.78, 5) is 32.1. The van der Waals surface area contributed by atoms with Crippen LogP contribution in [-0.4, -0.2) is 46.5 Å². The van der Waals surface area contributed by atoms with Crippen LogP contribution in [0, 0.1) is 5.92 Å². The number of urea groups is 1. The van der Waals surface area contributed by atoms with Crippen molar-refractivity contribution in [2.75, 3.05) is 19.8 Å². The molecular weight excluding hydrogens is 312 g/mol. The summed E-state index contributed by atoms with van der Waals surface area (Å²) in [7, 11) is 0. The summed E-state index contributed by atoms with van der Waals surface area (Å²) >= 11 is 1.56. The molecule has 1 saturated carbocycles. The number of nitrogens with one attached hydrogen (secondary N) is 1. The molecule has 1 aliphatic heterocycles. The van der Waals surface area contributed by atoms with Crippen molar-refractivity contribution in [1.82, 2.24) is 20.1 Å². The van der Waals surface area contributed by atoms with Gasteiger partial charge in [0.1, 0.15) is 11.6 Å². The predicted molar refractivity (Wildman–Crippen MR) is 89.1 cm³/mol. The molecule has 0 aromatic carbocycles. The maximum Gasteiger partial charge on any atom is 0.319 e. The van der Waals surface area contributed by atoms with Crippen molar-refractivity contribution in [2.45, 2.75) is 45.6 Å². The third-order valence-corrected chi connectivity index (χ3v) is 5.04. The number of carbonyl (C=O) groups excluding carboxylic acids is 2. The minimum absolute atomic E-state index is 0.0173. The van der Waals surface area contributed by atoms with Crippen LogP contribution in [0.1, 0.15) is 44.3 Å². The van der Waals surface area contributed by atoms with Gasteiger partial charge in [0.2, 0.25) is 5.91 Å². The van der Waals surface area contributed by atoms with Gasteiger partial charge in [0.25, 0.3) is 0 Å². The quantitative estimate of drug-likeness (QED) is 0.916. The van der Waals surface area contributed by atoms with Gasteiger partial charge >= 0.3 is 6.03 Å². The standard InChI is InChI=1S/C16H24N4O2S/c1-16(2,3)12-9-23-13(18-12)6-17-15(22)20-8-14(21)19(10-20)7-11-4-5-11/h9,11H,4-8,10H2,1-3H3,(H,17,22). The van der Waals surface area contributed by atoms with Crippen LogP contribution in [0.25, 0.3) is 0 Å². The molecule has 0 radical (unpaired) electrons. The van der Waals surface area contributed by atoms with E-state index in [-0.39, 0.29) is 23.9 Å². The first-order chi connectivity index (χ1) is 10.8. The molecular formula is C16H24N4O2S. The molecule has 0 spiro atoms. The van der Waals surface area contributed by atoms with Gasteiger partial charge in [-0.05, 0) is 18.8 Å². The average molecular weight is 336 g/mol. The van der Waals surface area contributed by atoms with Crippen molar-refractivity contribution < 1.29 is 9.59 Å². The van der Waals surface area contributed by atoms with E-state index in [0.717, 1.165) is 17.2 Å². The van der Waals surface area contributed by atoms with E-state index in [1.165, 1.54) is 12.8 Å². The number of nitrogens with zero attached hydrogens (tertiary/aromatic N) is 3. The van der Waals surface area contributed by atoms with Gasteiger partial charge < -0.3 is 10.2 Å². The van der Waals surface area contributed by atoms with E-state index in [0.29, 0.717) is 19.1 Å². The summed E-state index contributed by atoms with van der Waals surface area (Å²) < 4.78 is 0. The van der Waals surface area contributed by atoms with E-state index in [4.69, 9.17) is 0 Å². The zero-order chi connectivity index (χ0) is 16.6. The monoisotopic (exact) mass is 336 g/mol. The van der Waals surface area contributed by atoms with Gasteiger partial charge in [-0.25, -0.2) is 9.78 Å². The topological polar surface area (TPSA) is 65.5 Å². The van der Waals surface area contributed by atoms with E-state index >= 15 is 0 Å². The van der Waals surface area contributed by atoms with Crippen LogP contribution in [0.3, 0.4) is 0 Å². The Morgan fingerprint density at radius 1 is 1.43 bits per heavy atom. The lowest BCUT2D eigenvalue weighted by atomic mass is 9.93. The molecule has 0 atom stereocenters. The summed E-state index contributed by atoms with van der Waals surface area (Å²) in [6.07, 6.45) is 2.41. The summed E-state index contributed by atoms with van der Waals surface area (Å²) in [5, 5.41) is 5.80. The molecule has 1 aromatic rings. The highest BCUT2D eigenvalue weighted by Gasteiger charge is 2.34. The fraction of sp³-hybridized carbons (Fsp3) is 0.688. The van der Waals surface area contributed by atoms with Crippen LogP contribution in [0.2, 0.25) is 0 Å². The molecule has 0 bridgehead atoms. The van der Waals surface area contributed by atoms with Crippen molar-refractivity contribution in [3.63, 3.8) is 0 Å². The van der Waals surface area contributed by atoms with Gasteiger partial charge in [-0.1, -0.05) is 20.8 Å². The Morgan fingerprint density at radius 3 is 2.78 bits per heavy atom. The molecule has 1 N–H and O–H groups in total.